The molecule has 0 heterocycles. The smallest absolute Gasteiger partial charge is 0.248 e. The van der Waals surface area contributed by atoms with Gasteiger partial charge in [-0.2, -0.15) is 0 Å². The Kier molecular flexibility index (Phi) is 2.73. The topological polar surface area (TPSA) is 43.1 Å². The highest BCUT2D eigenvalue weighted by Gasteiger charge is 2.26. The lowest BCUT2D eigenvalue weighted by Gasteiger charge is -2.26. The Hall–Kier alpha value is -2.42. The van der Waals surface area contributed by atoms with Crippen molar-refractivity contribution in [2.45, 2.75) is 26.2 Å². The van der Waals surface area contributed by atoms with Gasteiger partial charge in [0.25, 0.3) is 0 Å². The van der Waals surface area contributed by atoms with Gasteiger partial charge in [-0.25, -0.2) is 4.39 Å². The second-order valence-corrected chi connectivity index (χ2v) is 6.14. The summed E-state index contributed by atoms with van der Waals surface area (Å²) < 4.78 is 14.0. The molecular formula is C19H16FNO. The fourth-order valence-electron chi connectivity index (χ4n) is 3.61. The number of amides is 1. The molecule has 2 aliphatic carbocycles. The van der Waals surface area contributed by atoms with Crippen LogP contribution in [0.4, 0.5) is 4.39 Å². The highest BCUT2D eigenvalue weighted by Crippen LogP contribution is 2.41. The van der Waals surface area contributed by atoms with Gasteiger partial charge in [-0.05, 0) is 71.7 Å². The lowest BCUT2D eigenvalue weighted by molar-refractivity contribution is 0.0999. The Morgan fingerprint density at radius 2 is 1.77 bits per heavy atom. The van der Waals surface area contributed by atoms with E-state index in [1.54, 1.807) is 12.1 Å². The van der Waals surface area contributed by atoms with E-state index < -0.39 is 0 Å². The largest absolute Gasteiger partial charge is 0.366 e. The number of fused-ring (bicyclic) bond motifs is 2. The molecule has 0 atom stereocenters. The molecule has 22 heavy (non-hydrogen) atoms. The molecular weight excluding hydrogens is 277 g/mol. The zero-order valence-corrected chi connectivity index (χ0v) is 12.4. The molecule has 2 N–H and O–H groups in total. The van der Waals surface area contributed by atoms with Gasteiger partial charge in [-0.1, -0.05) is 23.8 Å². The van der Waals surface area contributed by atoms with E-state index in [0.717, 1.165) is 40.7 Å². The number of hydrogen-bond acceptors (Lipinski definition) is 1. The molecule has 0 fully saturated rings. The van der Waals surface area contributed by atoms with Gasteiger partial charge in [0.1, 0.15) is 5.82 Å². The Labute approximate surface area is 128 Å². The summed E-state index contributed by atoms with van der Waals surface area (Å²) in [5.41, 5.74) is 13.4. The number of halogens is 1. The molecule has 2 aliphatic rings. The number of hydrogen-bond donors (Lipinski definition) is 1. The van der Waals surface area contributed by atoms with Crippen LogP contribution < -0.4 is 5.73 Å². The highest BCUT2D eigenvalue weighted by molar-refractivity contribution is 5.97. The van der Waals surface area contributed by atoms with E-state index in [9.17, 15) is 9.18 Å². The number of rotatable bonds is 2. The highest BCUT2D eigenvalue weighted by atomic mass is 19.1. The molecule has 0 saturated heterocycles. The summed E-state index contributed by atoms with van der Waals surface area (Å²) in [5.74, 6) is -0.512. The van der Waals surface area contributed by atoms with E-state index in [2.05, 4.69) is 6.08 Å². The first-order valence-electron chi connectivity index (χ1n) is 7.49. The molecule has 0 aliphatic heterocycles. The molecule has 0 bridgehead atoms. The number of carbonyl (C=O) groups is 1. The first-order chi connectivity index (χ1) is 10.6. The monoisotopic (exact) mass is 293 g/mol. The van der Waals surface area contributed by atoms with Crippen LogP contribution >= 0.6 is 0 Å². The maximum Gasteiger partial charge on any atom is 0.248 e. The third-order valence-corrected chi connectivity index (χ3v) is 4.76. The van der Waals surface area contributed by atoms with Crippen molar-refractivity contribution in [3.63, 3.8) is 0 Å². The fourth-order valence-corrected chi connectivity index (χ4v) is 3.61. The van der Waals surface area contributed by atoms with Crippen LogP contribution in [0, 0.1) is 5.82 Å². The van der Waals surface area contributed by atoms with Gasteiger partial charge in [0.2, 0.25) is 5.91 Å². The van der Waals surface area contributed by atoms with Gasteiger partial charge < -0.3 is 5.73 Å². The minimum Gasteiger partial charge on any atom is -0.366 e. The molecule has 0 unspecified atom stereocenters. The van der Waals surface area contributed by atoms with E-state index in [1.165, 1.54) is 11.1 Å². The third-order valence-electron chi connectivity index (χ3n) is 4.76. The second-order valence-electron chi connectivity index (χ2n) is 6.14. The Morgan fingerprint density at radius 1 is 1.05 bits per heavy atom. The van der Waals surface area contributed by atoms with Crippen LogP contribution in [0.3, 0.4) is 0 Å². The predicted molar refractivity (Wildman–Crippen MR) is 85.1 cm³/mol. The van der Waals surface area contributed by atoms with Crippen LogP contribution in [0.25, 0.3) is 17.2 Å². The minimum absolute atomic E-state index is 0.139. The molecule has 3 heteroatoms. The summed E-state index contributed by atoms with van der Waals surface area (Å²) in [5, 5.41) is 0. The SMILES string of the molecule is CC1=Cc2c(-c3ccc(C(N)=O)c4c3CC4)ccc(F)c2C1. The number of allylic oxidation sites excluding steroid dienone is 1. The third kappa shape index (κ3) is 1.75. The molecule has 0 aromatic heterocycles. The predicted octanol–water partition coefficient (Wildman–Crippen LogP) is 3.65. The summed E-state index contributed by atoms with van der Waals surface area (Å²) >= 11 is 0. The normalized spacial score (nSPS) is 14.9. The van der Waals surface area contributed by atoms with E-state index in [0.29, 0.717) is 12.0 Å². The van der Waals surface area contributed by atoms with Crippen LogP contribution in [0.5, 0.6) is 0 Å². The molecule has 0 radical (unpaired) electrons. The molecule has 0 spiro atoms. The molecule has 110 valence electrons. The van der Waals surface area contributed by atoms with Crippen LogP contribution in [-0.4, -0.2) is 5.91 Å². The van der Waals surface area contributed by atoms with E-state index in [1.807, 2.05) is 19.1 Å². The second kappa shape index (κ2) is 4.54. The maximum absolute atomic E-state index is 14.0. The molecule has 2 aromatic carbocycles. The van der Waals surface area contributed by atoms with Gasteiger partial charge in [0.05, 0.1) is 0 Å². The number of nitrogens with two attached hydrogens (primary N) is 1. The fraction of sp³-hybridized carbons (Fsp3) is 0.211. The van der Waals surface area contributed by atoms with Crippen LogP contribution in [0.1, 0.15) is 39.5 Å². The van der Waals surface area contributed by atoms with Crippen molar-refractivity contribution >= 4 is 12.0 Å². The van der Waals surface area contributed by atoms with Gasteiger partial charge >= 0.3 is 0 Å². The standard InChI is InChI=1S/C19H16FNO/c1-10-8-16-14(6-7-18(20)17(16)9-10)12-4-5-15(19(21)22)13-3-2-11(12)13/h4-8H,2-3,9H2,1H3,(H2,21,22). The summed E-state index contributed by atoms with van der Waals surface area (Å²) in [6, 6.07) is 7.15. The zero-order chi connectivity index (χ0) is 15.4. The van der Waals surface area contributed by atoms with Crippen molar-refractivity contribution in [3.05, 3.63) is 63.5 Å². The number of carbonyl (C=O) groups excluding carboxylic acids is 1. The Morgan fingerprint density at radius 3 is 2.45 bits per heavy atom. The van der Waals surface area contributed by atoms with E-state index in [4.69, 9.17) is 5.73 Å². The maximum atomic E-state index is 14.0. The van der Waals surface area contributed by atoms with Crippen LogP contribution in [0.2, 0.25) is 0 Å². The molecule has 4 rings (SSSR count). The average molecular weight is 293 g/mol. The molecule has 2 aromatic rings. The lowest BCUT2D eigenvalue weighted by Crippen LogP contribution is -2.21. The van der Waals surface area contributed by atoms with E-state index in [-0.39, 0.29) is 11.7 Å². The van der Waals surface area contributed by atoms with Gasteiger partial charge in [-0.3, -0.25) is 4.79 Å². The Balaban J connectivity index is 1.94. The van der Waals surface area contributed by atoms with Crippen molar-refractivity contribution in [2.75, 3.05) is 0 Å². The first-order valence-corrected chi connectivity index (χ1v) is 7.49. The average Bonchev–Trinajstić information content (AvgIpc) is 2.82. The van der Waals surface area contributed by atoms with Crippen LogP contribution in [0.15, 0.2) is 29.8 Å². The van der Waals surface area contributed by atoms with Crippen molar-refractivity contribution in [1.29, 1.82) is 0 Å². The quantitative estimate of drug-likeness (QED) is 0.902. The van der Waals surface area contributed by atoms with E-state index >= 15 is 0 Å². The van der Waals surface area contributed by atoms with Crippen molar-refractivity contribution in [2.24, 2.45) is 5.73 Å². The molecule has 1 amide bonds. The summed E-state index contributed by atoms with van der Waals surface area (Å²) in [6.45, 7) is 2.03. The molecule has 2 nitrogen and oxygen atoms in total. The first kappa shape index (κ1) is 13.3. The van der Waals surface area contributed by atoms with Crippen molar-refractivity contribution < 1.29 is 9.18 Å². The Bertz CT molecular complexity index is 864. The summed E-state index contributed by atoms with van der Waals surface area (Å²) in [7, 11) is 0. The summed E-state index contributed by atoms with van der Waals surface area (Å²) in [4.78, 5) is 11.5. The summed E-state index contributed by atoms with van der Waals surface area (Å²) in [6.07, 6.45) is 4.58. The number of primary amides is 1. The van der Waals surface area contributed by atoms with Crippen LogP contribution in [-0.2, 0) is 19.3 Å². The van der Waals surface area contributed by atoms with Crippen molar-refractivity contribution in [3.8, 4) is 11.1 Å². The van der Waals surface area contributed by atoms with Crippen molar-refractivity contribution in [1.82, 2.24) is 0 Å². The van der Waals surface area contributed by atoms with Gasteiger partial charge in [-0.15, -0.1) is 0 Å². The zero-order valence-electron chi connectivity index (χ0n) is 12.4. The van der Waals surface area contributed by atoms with Gasteiger partial charge in [0.15, 0.2) is 0 Å². The van der Waals surface area contributed by atoms with Gasteiger partial charge in [0, 0.05) is 5.56 Å². The molecule has 0 saturated carbocycles. The lowest BCUT2D eigenvalue weighted by atomic mass is 9.78. The number of benzene rings is 2. The minimum atomic E-state index is -0.373.